The first-order chi connectivity index (χ1) is 21.8. The van der Waals surface area contributed by atoms with E-state index in [4.69, 9.17) is 0 Å². The summed E-state index contributed by atoms with van der Waals surface area (Å²) in [5.41, 5.74) is 16.1. The normalized spacial score (nSPS) is 11.0. The van der Waals surface area contributed by atoms with Crippen molar-refractivity contribution in [3.63, 3.8) is 0 Å². The van der Waals surface area contributed by atoms with Crippen LogP contribution in [0.5, 0.6) is 0 Å². The topological polar surface area (TPSA) is 6.48 Å². The molecular weight excluding hydrogens is 544 g/mol. The zero-order valence-electron chi connectivity index (χ0n) is 27.1. The van der Waals surface area contributed by atoms with E-state index < -0.39 is 0 Å². The third-order valence-electron chi connectivity index (χ3n) is 8.72. The van der Waals surface area contributed by atoms with Crippen LogP contribution in [-0.2, 0) is 12.8 Å². The molecule has 2 nitrogen and oxygen atoms in total. The number of anilines is 6. The molecule has 0 fully saturated rings. The zero-order chi connectivity index (χ0) is 31.3. The molecule has 0 saturated heterocycles. The SMILES string of the molecule is Cc1ccc(N(c2ccc(C)cc2)c2ccc(CCc3ccc(N(c4ccc(C)cc4)c4ccc(C)c(C)c4)cc3)cc2)cc1. The third-order valence-corrected chi connectivity index (χ3v) is 8.72. The van der Waals surface area contributed by atoms with E-state index in [1.807, 2.05) is 0 Å². The van der Waals surface area contributed by atoms with Crippen molar-refractivity contribution in [2.45, 2.75) is 47.5 Å². The van der Waals surface area contributed by atoms with Crippen LogP contribution < -0.4 is 9.80 Å². The summed E-state index contributed by atoms with van der Waals surface area (Å²) in [6.07, 6.45) is 1.99. The van der Waals surface area contributed by atoms with Gasteiger partial charge in [-0.25, -0.2) is 0 Å². The van der Waals surface area contributed by atoms with Gasteiger partial charge in [0.1, 0.15) is 0 Å². The Bertz CT molecular complexity index is 1800. The van der Waals surface area contributed by atoms with Gasteiger partial charge in [-0.2, -0.15) is 0 Å². The van der Waals surface area contributed by atoms with E-state index in [9.17, 15) is 0 Å². The van der Waals surface area contributed by atoms with Gasteiger partial charge in [0, 0.05) is 34.1 Å². The maximum atomic E-state index is 2.35. The molecule has 0 spiro atoms. The molecule has 0 bridgehead atoms. The molecule has 0 saturated carbocycles. The minimum atomic E-state index is 0.993. The van der Waals surface area contributed by atoms with Gasteiger partial charge in [0.2, 0.25) is 0 Å². The van der Waals surface area contributed by atoms with Crippen molar-refractivity contribution in [2.24, 2.45) is 0 Å². The molecule has 0 amide bonds. The van der Waals surface area contributed by atoms with Crippen LogP contribution in [0.2, 0.25) is 0 Å². The van der Waals surface area contributed by atoms with Gasteiger partial charge < -0.3 is 9.80 Å². The predicted molar refractivity (Wildman–Crippen MR) is 193 cm³/mol. The predicted octanol–water partition coefficient (Wildman–Crippen LogP) is 12.0. The quantitative estimate of drug-likeness (QED) is 0.166. The van der Waals surface area contributed by atoms with Gasteiger partial charge in [-0.1, -0.05) is 83.4 Å². The summed E-state index contributed by atoms with van der Waals surface area (Å²) in [6, 6.07) is 51.2. The van der Waals surface area contributed by atoms with Gasteiger partial charge in [-0.05, 0) is 143 Å². The summed E-state index contributed by atoms with van der Waals surface area (Å²) in [4.78, 5) is 4.68. The highest BCUT2D eigenvalue weighted by Crippen LogP contribution is 2.37. The molecule has 0 aliphatic carbocycles. The van der Waals surface area contributed by atoms with E-state index in [0.717, 1.165) is 24.2 Å². The van der Waals surface area contributed by atoms with Crippen molar-refractivity contribution in [1.82, 2.24) is 0 Å². The van der Waals surface area contributed by atoms with Gasteiger partial charge in [-0.3, -0.25) is 0 Å². The third kappa shape index (κ3) is 7.02. The first kappa shape index (κ1) is 30.0. The van der Waals surface area contributed by atoms with E-state index in [2.05, 4.69) is 184 Å². The number of rotatable bonds is 9. The molecule has 0 N–H and O–H groups in total. The summed E-state index contributed by atoms with van der Waals surface area (Å²) in [5.74, 6) is 0. The van der Waals surface area contributed by atoms with Crippen LogP contribution in [0.25, 0.3) is 0 Å². The van der Waals surface area contributed by atoms with E-state index in [1.165, 1.54) is 61.7 Å². The number of benzene rings is 6. The minimum absolute atomic E-state index is 0.993. The van der Waals surface area contributed by atoms with Gasteiger partial charge in [0.25, 0.3) is 0 Å². The molecule has 0 heterocycles. The van der Waals surface area contributed by atoms with Crippen LogP contribution in [-0.4, -0.2) is 0 Å². The summed E-state index contributed by atoms with van der Waals surface area (Å²) in [5, 5.41) is 0. The van der Waals surface area contributed by atoms with E-state index in [1.54, 1.807) is 0 Å². The molecule has 6 aromatic carbocycles. The lowest BCUT2D eigenvalue weighted by Crippen LogP contribution is -2.10. The zero-order valence-corrected chi connectivity index (χ0v) is 27.1. The number of nitrogens with zero attached hydrogens (tertiary/aromatic N) is 2. The van der Waals surface area contributed by atoms with Crippen LogP contribution in [0, 0.1) is 34.6 Å². The second-order valence-electron chi connectivity index (χ2n) is 12.3. The average molecular weight is 587 g/mol. The first-order valence-electron chi connectivity index (χ1n) is 15.9. The lowest BCUT2D eigenvalue weighted by molar-refractivity contribution is 0.959. The largest absolute Gasteiger partial charge is 0.311 e. The molecule has 0 aliphatic rings. The second-order valence-corrected chi connectivity index (χ2v) is 12.3. The molecule has 6 rings (SSSR count). The standard InChI is InChI=1S/C43H42N2/c1-31-6-19-38(20-7-31)44(39-21-8-32(2)9-22-39)41-26-15-36(16-27-41)13-14-37-17-28-42(29-18-37)45(40-23-10-33(3)11-24-40)43-25-12-34(4)35(5)30-43/h6-12,15-30H,13-14H2,1-5H3. The Labute approximate surface area is 269 Å². The Kier molecular flexibility index (Phi) is 8.84. The molecule has 0 aromatic heterocycles. The molecule has 2 heteroatoms. The summed E-state index contributed by atoms with van der Waals surface area (Å²) < 4.78 is 0. The molecule has 6 aromatic rings. The second kappa shape index (κ2) is 13.3. The van der Waals surface area contributed by atoms with Gasteiger partial charge in [0.15, 0.2) is 0 Å². The van der Waals surface area contributed by atoms with E-state index >= 15 is 0 Å². The van der Waals surface area contributed by atoms with Crippen molar-refractivity contribution < 1.29 is 0 Å². The Morgan fingerprint density at radius 1 is 0.311 bits per heavy atom. The lowest BCUT2D eigenvalue weighted by atomic mass is 10.0. The van der Waals surface area contributed by atoms with Crippen LogP contribution in [0.15, 0.2) is 140 Å². The molecule has 0 aliphatic heterocycles. The molecule has 0 unspecified atom stereocenters. The van der Waals surface area contributed by atoms with Crippen molar-refractivity contribution in [2.75, 3.05) is 9.80 Å². The maximum absolute atomic E-state index is 2.35. The Balaban J connectivity index is 1.19. The van der Waals surface area contributed by atoms with Crippen molar-refractivity contribution in [3.05, 3.63) is 178 Å². The van der Waals surface area contributed by atoms with Crippen molar-refractivity contribution in [3.8, 4) is 0 Å². The number of hydrogen-bond acceptors (Lipinski definition) is 2. The highest BCUT2D eigenvalue weighted by Gasteiger charge is 2.14. The summed E-state index contributed by atoms with van der Waals surface area (Å²) >= 11 is 0. The van der Waals surface area contributed by atoms with Crippen LogP contribution in [0.1, 0.15) is 38.9 Å². The van der Waals surface area contributed by atoms with Crippen LogP contribution in [0.4, 0.5) is 34.1 Å². The molecular formula is C43H42N2. The minimum Gasteiger partial charge on any atom is -0.311 e. The Morgan fingerprint density at radius 3 is 0.933 bits per heavy atom. The number of aryl methyl sites for hydroxylation is 7. The van der Waals surface area contributed by atoms with Crippen molar-refractivity contribution in [1.29, 1.82) is 0 Å². The Hall–Kier alpha value is -5.08. The summed E-state index contributed by atoms with van der Waals surface area (Å²) in [6.45, 7) is 10.8. The highest BCUT2D eigenvalue weighted by molar-refractivity contribution is 5.78. The Morgan fingerprint density at radius 2 is 0.600 bits per heavy atom. The van der Waals surface area contributed by atoms with Gasteiger partial charge >= 0.3 is 0 Å². The molecule has 0 radical (unpaired) electrons. The molecule has 0 atom stereocenters. The van der Waals surface area contributed by atoms with E-state index in [0.29, 0.717) is 0 Å². The molecule has 224 valence electrons. The fraction of sp³-hybridized carbons (Fsp3) is 0.163. The monoisotopic (exact) mass is 586 g/mol. The molecule has 45 heavy (non-hydrogen) atoms. The average Bonchev–Trinajstić information content (AvgIpc) is 3.06. The fourth-order valence-corrected chi connectivity index (χ4v) is 5.75. The van der Waals surface area contributed by atoms with Crippen molar-refractivity contribution >= 4 is 34.1 Å². The maximum Gasteiger partial charge on any atom is 0.0464 e. The highest BCUT2D eigenvalue weighted by atomic mass is 15.1. The van der Waals surface area contributed by atoms with E-state index in [-0.39, 0.29) is 0 Å². The van der Waals surface area contributed by atoms with Gasteiger partial charge in [0.05, 0.1) is 0 Å². The fourth-order valence-electron chi connectivity index (χ4n) is 5.75. The first-order valence-corrected chi connectivity index (χ1v) is 15.9. The summed E-state index contributed by atoms with van der Waals surface area (Å²) in [7, 11) is 0. The van der Waals surface area contributed by atoms with Crippen LogP contribution >= 0.6 is 0 Å². The smallest absolute Gasteiger partial charge is 0.0464 e. The van der Waals surface area contributed by atoms with Crippen LogP contribution in [0.3, 0.4) is 0 Å². The number of hydrogen-bond donors (Lipinski definition) is 0. The van der Waals surface area contributed by atoms with Gasteiger partial charge in [-0.15, -0.1) is 0 Å². The lowest BCUT2D eigenvalue weighted by Gasteiger charge is -2.26.